The van der Waals surface area contributed by atoms with Crippen molar-refractivity contribution in [2.24, 2.45) is 0 Å². The average molecular weight is 377 g/mol. The summed E-state index contributed by atoms with van der Waals surface area (Å²) in [5.74, 6) is 0.628. The fourth-order valence-electron chi connectivity index (χ4n) is 2.89. The number of benzene rings is 1. The number of nitrogens with one attached hydrogen (secondary N) is 1. The van der Waals surface area contributed by atoms with Crippen LogP contribution in [0.25, 0.3) is 0 Å². The SMILES string of the molecule is Cc1ccc(S(=O)(=O)NC2CCN(c3ncccn3)CC2)cc1[N+](=O)[O-]. The first-order valence-corrected chi connectivity index (χ1v) is 9.64. The first kappa shape index (κ1) is 18.2. The predicted octanol–water partition coefficient (Wildman–Crippen LogP) is 1.64. The van der Waals surface area contributed by atoms with Crippen LogP contribution in [-0.4, -0.2) is 42.4 Å². The topological polar surface area (TPSA) is 118 Å². The minimum Gasteiger partial charge on any atom is -0.341 e. The molecule has 26 heavy (non-hydrogen) atoms. The Hall–Kier alpha value is -2.59. The van der Waals surface area contributed by atoms with Gasteiger partial charge in [0, 0.05) is 43.2 Å². The molecule has 0 radical (unpaired) electrons. The highest BCUT2D eigenvalue weighted by molar-refractivity contribution is 7.89. The molecular formula is C16H19N5O4S. The number of rotatable bonds is 5. The van der Waals surface area contributed by atoms with Crippen molar-refractivity contribution in [3.05, 3.63) is 52.3 Å². The van der Waals surface area contributed by atoms with Crippen molar-refractivity contribution >= 4 is 21.7 Å². The summed E-state index contributed by atoms with van der Waals surface area (Å²) in [6, 6.07) is 5.44. The molecule has 1 fully saturated rings. The highest BCUT2D eigenvalue weighted by Gasteiger charge is 2.27. The maximum atomic E-state index is 12.6. The monoisotopic (exact) mass is 377 g/mol. The van der Waals surface area contributed by atoms with E-state index in [0.29, 0.717) is 37.4 Å². The van der Waals surface area contributed by atoms with Crippen LogP contribution in [0, 0.1) is 17.0 Å². The number of hydrogen-bond acceptors (Lipinski definition) is 7. The molecule has 1 aromatic carbocycles. The molecular weight excluding hydrogens is 358 g/mol. The van der Waals surface area contributed by atoms with Gasteiger partial charge in [0.1, 0.15) is 0 Å². The third-order valence-corrected chi connectivity index (χ3v) is 5.86. The van der Waals surface area contributed by atoms with E-state index >= 15 is 0 Å². The number of sulfonamides is 1. The number of piperidine rings is 1. The Kier molecular flexibility index (Phi) is 5.14. The molecule has 2 heterocycles. The van der Waals surface area contributed by atoms with Gasteiger partial charge in [-0.05, 0) is 31.9 Å². The van der Waals surface area contributed by atoms with Gasteiger partial charge >= 0.3 is 0 Å². The second-order valence-electron chi connectivity index (χ2n) is 6.14. The van der Waals surface area contributed by atoms with Gasteiger partial charge in [0.15, 0.2) is 0 Å². The molecule has 1 N–H and O–H groups in total. The third kappa shape index (κ3) is 3.97. The van der Waals surface area contributed by atoms with Gasteiger partial charge in [-0.1, -0.05) is 6.07 Å². The zero-order valence-electron chi connectivity index (χ0n) is 14.2. The zero-order chi connectivity index (χ0) is 18.7. The lowest BCUT2D eigenvalue weighted by molar-refractivity contribution is -0.385. The molecule has 1 aliphatic rings. The maximum Gasteiger partial charge on any atom is 0.273 e. The molecule has 0 aliphatic carbocycles. The van der Waals surface area contributed by atoms with Crippen LogP contribution in [0.4, 0.5) is 11.6 Å². The summed E-state index contributed by atoms with van der Waals surface area (Å²) in [4.78, 5) is 20.8. The molecule has 2 aromatic rings. The highest BCUT2D eigenvalue weighted by atomic mass is 32.2. The van der Waals surface area contributed by atoms with E-state index in [1.807, 2.05) is 4.90 Å². The van der Waals surface area contributed by atoms with Gasteiger partial charge in [-0.2, -0.15) is 0 Å². The normalized spacial score (nSPS) is 15.8. The molecule has 0 bridgehead atoms. The van der Waals surface area contributed by atoms with Gasteiger partial charge in [0.05, 0.1) is 9.82 Å². The summed E-state index contributed by atoms with van der Waals surface area (Å²) in [7, 11) is -3.82. The Morgan fingerprint density at radius 1 is 1.23 bits per heavy atom. The predicted molar refractivity (Wildman–Crippen MR) is 95.4 cm³/mol. The summed E-state index contributed by atoms with van der Waals surface area (Å²) in [6.45, 7) is 2.83. The van der Waals surface area contributed by atoms with Gasteiger partial charge < -0.3 is 4.90 Å². The van der Waals surface area contributed by atoms with Crippen LogP contribution in [0.3, 0.4) is 0 Å². The van der Waals surface area contributed by atoms with Gasteiger partial charge in [-0.15, -0.1) is 0 Å². The molecule has 1 aromatic heterocycles. The van der Waals surface area contributed by atoms with E-state index in [1.165, 1.54) is 12.1 Å². The molecule has 0 unspecified atom stereocenters. The third-order valence-electron chi connectivity index (χ3n) is 4.34. The first-order chi connectivity index (χ1) is 12.4. The Morgan fingerprint density at radius 3 is 2.50 bits per heavy atom. The number of aromatic nitrogens is 2. The van der Waals surface area contributed by atoms with Crippen molar-refractivity contribution in [1.82, 2.24) is 14.7 Å². The minimum atomic E-state index is -3.82. The number of hydrogen-bond donors (Lipinski definition) is 1. The summed E-state index contributed by atoms with van der Waals surface area (Å²) < 4.78 is 27.8. The molecule has 0 amide bonds. The van der Waals surface area contributed by atoms with Crippen LogP contribution in [0.15, 0.2) is 41.6 Å². The average Bonchev–Trinajstić information content (AvgIpc) is 2.62. The van der Waals surface area contributed by atoms with Crippen LogP contribution in [0.2, 0.25) is 0 Å². The first-order valence-electron chi connectivity index (χ1n) is 8.16. The van der Waals surface area contributed by atoms with E-state index in [2.05, 4.69) is 14.7 Å². The summed E-state index contributed by atoms with van der Waals surface area (Å²) in [5, 5.41) is 11.0. The van der Waals surface area contributed by atoms with E-state index in [-0.39, 0.29) is 16.6 Å². The zero-order valence-corrected chi connectivity index (χ0v) is 15.0. The van der Waals surface area contributed by atoms with Crippen molar-refractivity contribution < 1.29 is 13.3 Å². The van der Waals surface area contributed by atoms with Crippen molar-refractivity contribution in [3.8, 4) is 0 Å². The molecule has 1 saturated heterocycles. The fourth-order valence-corrected chi connectivity index (χ4v) is 4.22. The van der Waals surface area contributed by atoms with E-state index < -0.39 is 14.9 Å². The van der Waals surface area contributed by atoms with E-state index in [1.54, 1.807) is 25.4 Å². The smallest absolute Gasteiger partial charge is 0.273 e. The molecule has 0 atom stereocenters. The molecule has 10 heteroatoms. The number of anilines is 1. The molecule has 9 nitrogen and oxygen atoms in total. The highest BCUT2D eigenvalue weighted by Crippen LogP contribution is 2.23. The standard InChI is InChI=1S/C16H19N5O4S/c1-12-3-4-14(11-15(12)21(22)23)26(24,25)19-13-5-9-20(10-6-13)16-17-7-2-8-18-16/h2-4,7-8,11,13,19H,5-6,9-10H2,1H3. The number of nitro benzene ring substituents is 1. The van der Waals surface area contributed by atoms with Crippen molar-refractivity contribution in [1.29, 1.82) is 0 Å². The van der Waals surface area contributed by atoms with Crippen molar-refractivity contribution in [2.45, 2.75) is 30.7 Å². The molecule has 0 saturated carbocycles. The summed E-state index contributed by atoms with van der Waals surface area (Å²) in [5.41, 5.74) is 0.217. The lowest BCUT2D eigenvalue weighted by Gasteiger charge is -2.32. The maximum absolute atomic E-state index is 12.6. The van der Waals surface area contributed by atoms with Crippen LogP contribution < -0.4 is 9.62 Å². The molecule has 3 rings (SSSR count). The van der Waals surface area contributed by atoms with Gasteiger partial charge in [0.25, 0.3) is 5.69 Å². The van der Waals surface area contributed by atoms with Crippen molar-refractivity contribution in [2.75, 3.05) is 18.0 Å². The fraction of sp³-hybridized carbons (Fsp3) is 0.375. The summed E-state index contributed by atoms with van der Waals surface area (Å²) >= 11 is 0. The number of aryl methyl sites for hydroxylation is 1. The Morgan fingerprint density at radius 2 is 1.88 bits per heavy atom. The Balaban J connectivity index is 1.68. The van der Waals surface area contributed by atoms with Crippen LogP contribution in [-0.2, 0) is 10.0 Å². The largest absolute Gasteiger partial charge is 0.341 e. The minimum absolute atomic E-state index is 0.0939. The Labute approximate surface area is 151 Å². The quantitative estimate of drug-likeness (QED) is 0.621. The van der Waals surface area contributed by atoms with E-state index in [4.69, 9.17) is 0 Å². The molecule has 138 valence electrons. The second kappa shape index (κ2) is 7.34. The van der Waals surface area contributed by atoms with Gasteiger partial charge in [-0.25, -0.2) is 23.1 Å². The van der Waals surface area contributed by atoms with E-state index in [0.717, 1.165) is 6.07 Å². The lowest BCUT2D eigenvalue weighted by atomic mass is 10.1. The number of nitro groups is 1. The van der Waals surface area contributed by atoms with Crippen molar-refractivity contribution in [3.63, 3.8) is 0 Å². The summed E-state index contributed by atoms with van der Waals surface area (Å²) in [6.07, 6.45) is 4.54. The van der Waals surface area contributed by atoms with Gasteiger partial charge in [0.2, 0.25) is 16.0 Å². The van der Waals surface area contributed by atoms with Crippen LogP contribution in [0.1, 0.15) is 18.4 Å². The van der Waals surface area contributed by atoms with E-state index in [9.17, 15) is 18.5 Å². The Bertz CT molecular complexity index is 896. The van der Waals surface area contributed by atoms with Crippen LogP contribution in [0.5, 0.6) is 0 Å². The van der Waals surface area contributed by atoms with Gasteiger partial charge in [-0.3, -0.25) is 10.1 Å². The second-order valence-corrected chi connectivity index (χ2v) is 7.85. The molecule has 1 aliphatic heterocycles. The molecule has 0 spiro atoms. The van der Waals surface area contributed by atoms with Crippen LogP contribution >= 0.6 is 0 Å². The number of nitrogens with zero attached hydrogens (tertiary/aromatic N) is 4. The lowest BCUT2D eigenvalue weighted by Crippen LogP contribution is -2.45.